The summed E-state index contributed by atoms with van der Waals surface area (Å²) in [5.41, 5.74) is 3.32. The van der Waals surface area contributed by atoms with Crippen molar-refractivity contribution in [3.63, 3.8) is 0 Å². The van der Waals surface area contributed by atoms with Crippen LogP contribution < -0.4 is 26.6 Å². The fourth-order valence-electron chi connectivity index (χ4n) is 3.09. The number of alkyl halides is 1. The van der Waals surface area contributed by atoms with Crippen LogP contribution >= 0.6 is 11.3 Å². The zero-order valence-electron chi connectivity index (χ0n) is 11.8. The average molecular weight is 419 g/mol. The second kappa shape index (κ2) is 7.11. The first kappa shape index (κ1) is 15.3. The fraction of sp³-hybridized carbons (Fsp3) is 0.533. The Hall–Kier alpha value is -0.600. The summed E-state index contributed by atoms with van der Waals surface area (Å²) >= 11 is 1.68. The van der Waals surface area contributed by atoms with Gasteiger partial charge in [0.25, 0.3) is 0 Å². The van der Waals surface area contributed by atoms with Crippen LogP contribution in [0.3, 0.4) is 0 Å². The third kappa shape index (κ3) is 3.60. The van der Waals surface area contributed by atoms with E-state index in [-0.39, 0.29) is 27.1 Å². The second-order valence-electron chi connectivity index (χ2n) is 5.47. The van der Waals surface area contributed by atoms with Gasteiger partial charge in [0.2, 0.25) is 0 Å². The van der Waals surface area contributed by atoms with Crippen LogP contribution in [0.1, 0.15) is 37.0 Å². The predicted octanol–water partition coefficient (Wildman–Crippen LogP) is -0.0533. The zero-order chi connectivity index (χ0) is 14.7. The van der Waals surface area contributed by atoms with Gasteiger partial charge in [-0.2, -0.15) is 0 Å². The molecular formula is C15H20IN2O2S-. The molecular weight excluding hydrogens is 399 g/mol. The Morgan fingerprint density at radius 3 is 2.90 bits per heavy atom. The molecule has 1 aliphatic heterocycles. The van der Waals surface area contributed by atoms with Gasteiger partial charge in [-0.15, -0.1) is 0 Å². The van der Waals surface area contributed by atoms with Gasteiger partial charge in [0.15, 0.2) is 0 Å². The summed E-state index contributed by atoms with van der Waals surface area (Å²) in [4.78, 5) is 13.1. The van der Waals surface area contributed by atoms with E-state index in [2.05, 4.69) is 29.1 Å². The van der Waals surface area contributed by atoms with Crippen LogP contribution in [-0.4, -0.2) is 26.7 Å². The monoisotopic (exact) mass is 419 g/mol. The molecule has 1 aliphatic carbocycles. The van der Waals surface area contributed by atoms with Gasteiger partial charge in [-0.3, -0.25) is 0 Å². The summed E-state index contributed by atoms with van der Waals surface area (Å²) < 4.78 is 2.27. The molecule has 1 saturated carbocycles. The standard InChI is InChI=1S/C15H20IN2O2S/c19-15(20)14(11-5-2-1-3-6-11)18-9-12(16-10-17-18)13-7-4-8-21-13/h4,7-9,11,14,17H,1-3,5-6,10H2,(H,19,20)/q-1/t14-/m0/s1. The van der Waals surface area contributed by atoms with Gasteiger partial charge in [0.05, 0.1) is 0 Å². The minimum absolute atomic E-state index is 0.0691. The SMILES string of the molecule is O=C(O)[C@H](C1CCCCC1)N1C=C(c2cccs2)[I-]CN1. The number of hydrazine groups is 1. The van der Waals surface area contributed by atoms with E-state index in [1.165, 1.54) is 14.9 Å². The normalized spacial score (nSPS) is 22.3. The van der Waals surface area contributed by atoms with Gasteiger partial charge in [-0.1, -0.05) is 0 Å². The van der Waals surface area contributed by atoms with Gasteiger partial charge < -0.3 is 0 Å². The van der Waals surface area contributed by atoms with Gasteiger partial charge in [0.1, 0.15) is 0 Å². The molecule has 2 heterocycles. The van der Waals surface area contributed by atoms with E-state index in [4.69, 9.17) is 0 Å². The average Bonchev–Trinajstić information content (AvgIpc) is 3.03. The molecule has 1 fully saturated rings. The Morgan fingerprint density at radius 2 is 2.24 bits per heavy atom. The number of nitrogens with zero attached hydrogens (tertiary/aromatic N) is 1. The fourth-order valence-corrected chi connectivity index (χ4v) is 6.49. The van der Waals surface area contributed by atoms with Crippen molar-refractivity contribution in [1.29, 1.82) is 0 Å². The first-order valence-corrected chi connectivity index (χ1v) is 10.8. The van der Waals surface area contributed by atoms with Gasteiger partial charge in [-0.05, 0) is 0 Å². The van der Waals surface area contributed by atoms with E-state index in [1.54, 1.807) is 11.3 Å². The zero-order valence-corrected chi connectivity index (χ0v) is 14.8. The number of rotatable bonds is 4. The Bertz CT molecular complexity index is 512. The summed E-state index contributed by atoms with van der Waals surface area (Å²) in [6.45, 7) is 0. The molecule has 2 N–H and O–H groups in total. The molecule has 1 atom stereocenters. The summed E-state index contributed by atoms with van der Waals surface area (Å²) in [6.07, 6.45) is 7.71. The number of carboxylic acid groups (broad SMARTS) is 1. The van der Waals surface area contributed by atoms with E-state index >= 15 is 0 Å². The maximum absolute atomic E-state index is 11.8. The Labute approximate surface area is 139 Å². The van der Waals surface area contributed by atoms with Crippen molar-refractivity contribution in [1.82, 2.24) is 10.4 Å². The summed E-state index contributed by atoms with van der Waals surface area (Å²) in [7, 11) is 0. The third-order valence-corrected chi connectivity index (χ3v) is 7.78. The molecule has 4 nitrogen and oxygen atoms in total. The van der Waals surface area contributed by atoms with E-state index < -0.39 is 12.0 Å². The molecule has 1 aromatic rings. The Kier molecular flexibility index (Phi) is 5.18. The molecule has 0 amide bonds. The van der Waals surface area contributed by atoms with Crippen LogP contribution in [0.25, 0.3) is 3.58 Å². The van der Waals surface area contributed by atoms with Crippen LogP contribution in [0.5, 0.6) is 0 Å². The summed E-state index contributed by atoms with van der Waals surface area (Å²) in [5, 5.41) is 13.7. The predicted molar refractivity (Wildman–Crippen MR) is 80.1 cm³/mol. The molecule has 2 aliphatic rings. The van der Waals surface area contributed by atoms with Gasteiger partial charge >= 0.3 is 140 Å². The van der Waals surface area contributed by atoms with E-state index in [1.807, 2.05) is 5.01 Å². The number of thiophene rings is 1. The van der Waals surface area contributed by atoms with Gasteiger partial charge in [-0.25, -0.2) is 0 Å². The van der Waals surface area contributed by atoms with Crippen LogP contribution in [0.4, 0.5) is 0 Å². The molecule has 0 unspecified atom stereocenters. The van der Waals surface area contributed by atoms with E-state index in [0.717, 1.165) is 30.2 Å². The number of carboxylic acids is 1. The number of halogens is 1. The molecule has 0 radical (unpaired) electrons. The van der Waals surface area contributed by atoms with Crippen molar-refractivity contribution in [2.75, 3.05) is 4.55 Å². The minimum atomic E-state index is -0.698. The van der Waals surface area contributed by atoms with Crippen molar-refractivity contribution in [3.05, 3.63) is 28.6 Å². The number of nitrogens with one attached hydrogen (secondary N) is 1. The first-order chi connectivity index (χ1) is 10.3. The number of carbonyl (C=O) groups is 1. The first-order valence-electron chi connectivity index (χ1n) is 7.35. The maximum atomic E-state index is 11.8. The van der Waals surface area contributed by atoms with Crippen LogP contribution in [-0.2, 0) is 4.79 Å². The number of hydrogen-bond donors (Lipinski definition) is 2. The third-order valence-electron chi connectivity index (χ3n) is 4.11. The summed E-state index contributed by atoms with van der Waals surface area (Å²) in [6, 6.07) is 3.77. The molecule has 1 aromatic heterocycles. The van der Waals surface area contributed by atoms with Crippen LogP contribution in [0.15, 0.2) is 23.7 Å². The van der Waals surface area contributed by atoms with Crippen molar-refractivity contribution in [2.45, 2.75) is 38.1 Å². The van der Waals surface area contributed by atoms with Crippen molar-refractivity contribution in [3.8, 4) is 0 Å². The molecule has 0 aromatic carbocycles. The van der Waals surface area contributed by atoms with Crippen molar-refractivity contribution in [2.24, 2.45) is 5.92 Å². The molecule has 0 bridgehead atoms. The molecule has 21 heavy (non-hydrogen) atoms. The molecule has 3 rings (SSSR count). The van der Waals surface area contributed by atoms with Crippen molar-refractivity contribution < 1.29 is 31.1 Å². The molecule has 0 saturated heterocycles. The number of hydrogen-bond acceptors (Lipinski definition) is 4. The van der Waals surface area contributed by atoms with Crippen LogP contribution in [0.2, 0.25) is 0 Å². The number of aliphatic carboxylic acids is 1. The summed E-state index contributed by atoms with van der Waals surface area (Å²) in [5.74, 6) is -0.433. The Morgan fingerprint density at radius 1 is 1.43 bits per heavy atom. The molecule has 116 valence electrons. The van der Waals surface area contributed by atoms with E-state index in [0.29, 0.717) is 0 Å². The van der Waals surface area contributed by atoms with Gasteiger partial charge in [0, 0.05) is 0 Å². The van der Waals surface area contributed by atoms with Crippen LogP contribution in [0, 0.1) is 5.92 Å². The molecule has 6 heteroatoms. The quantitative estimate of drug-likeness (QED) is 0.408. The molecule has 0 spiro atoms. The second-order valence-corrected chi connectivity index (χ2v) is 9.10. The van der Waals surface area contributed by atoms with Crippen molar-refractivity contribution >= 4 is 20.9 Å². The van der Waals surface area contributed by atoms with E-state index in [9.17, 15) is 9.90 Å². The topological polar surface area (TPSA) is 52.6 Å². The Balaban J connectivity index is 1.81.